The van der Waals surface area contributed by atoms with Crippen LogP contribution in [0, 0.1) is 11.8 Å². The molecule has 100 valence electrons. The zero-order valence-electron chi connectivity index (χ0n) is 11.3. The number of halogens is 1. The summed E-state index contributed by atoms with van der Waals surface area (Å²) in [5, 5.41) is 0.802. The number of anilines is 1. The summed E-state index contributed by atoms with van der Waals surface area (Å²) in [6, 6.07) is 8.47. The van der Waals surface area contributed by atoms with E-state index in [1.807, 2.05) is 12.1 Å². The van der Waals surface area contributed by atoms with Gasteiger partial charge in [-0.25, -0.2) is 0 Å². The lowest BCUT2D eigenvalue weighted by Crippen LogP contribution is -2.30. The van der Waals surface area contributed by atoms with E-state index in [0.29, 0.717) is 12.0 Å². The van der Waals surface area contributed by atoms with Crippen LogP contribution in [0.1, 0.15) is 26.7 Å². The van der Waals surface area contributed by atoms with Gasteiger partial charge in [-0.05, 0) is 48.9 Å². The summed E-state index contributed by atoms with van der Waals surface area (Å²) < 4.78 is 0. The van der Waals surface area contributed by atoms with Gasteiger partial charge in [0.05, 0.1) is 0 Å². The Kier molecular flexibility index (Phi) is 4.52. The first-order valence-electron chi connectivity index (χ1n) is 6.82. The molecular formula is C15H23ClN2. The van der Waals surface area contributed by atoms with Crippen LogP contribution >= 0.6 is 11.6 Å². The first kappa shape index (κ1) is 13.7. The predicted octanol–water partition coefficient (Wildman–Crippen LogP) is 3.54. The van der Waals surface area contributed by atoms with E-state index >= 15 is 0 Å². The molecule has 1 aromatic carbocycles. The third kappa shape index (κ3) is 3.39. The molecule has 1 aliphatic heterocycles. The molecule has 2 rings (SSSR count). The van der Waals surface area contributed by atoms with Crippen molar-refractivity contribution in [3.05, 3.63) is 29.3 Å². The van der Waals surface area contributed by atoms with Gasteiger partial charge in [-0.2, -0.15) is 0 Å². The van der Waals surface area contributed by atoms with E-state index in [-0.39, 0.29) is 0 Å². The third-order valence-electron chi connectivity index (χ3n) is 3.94. The van der Waals surface area contributed by atoms with Crippen LogP contribution in [-0.2, 0) is 0 Å². The molecule has 2 unspecified atom stereocenters. The van der Waals surface area contributed by atoms with Crippen LogP contribution in [0.5, 0.6) is 0 Å². The first-order valence-corrected chi connectivity index (χ1v) is 7.20. The van der Waals surface area contributed by atoms with Crippen LogP contribution in [0.3, 0.4) is 0 Å². The maximum absolute atomic E-state index is 6.16. The van der Waals surface area contributed by atoms with Crippen molar-refractivity contribution in [1.29, 1.82) is 0 Å². The highest BCUT2D eigenvalue weighted by atomic mass is 35.5. The van der Waals surface area contributed by atoms with E-state index in [0.717, 1.165) is 30.5 Å². The monoisotopic (exact) mass is 266 g/mol. The molecule has 0 amide bonds. The number of hydrogen-bond acceptors (Lipinski definition) is 2. The molecule has 0 radical (unpaired) electrons. The van der Waals surface area contributed by atoms with Crippen molar-refractivity contribution in [2.24, 2.45) is 17.6 Å². The van der Waals surface area contributed by atoms with Crippen LogP contribution in [0.4, 0.5) is 5.69 Å². The van der Waals surface area contributed by atoms with Crippen molar-refractivity contribution in [3.63, 3.8) is 0 Å². The van der Waals surface area contributed by atoms with Crippen molar-refractivity contribution in [2.45, 2.75) is 32.7 Å². The predicted molar refractivity (Wildman–Crippen MR) is 79.2 cm³/mol. The quantitative estimate of drug-likeness (QED) is 0.903. The van der Waals surface area contributed by atoms with Crippen LogP contribution in [-0.4, -0.2) is 19.1 Å². The molecule has 1 aliphatic rings. The second-order valence-corrected chi connectivity index (χ2v) is 6.16. The number of benzene rings is 1. The van der Waals surface area contributed by atoms with Gasteiger partial charge in [0, 0.05) is 29.8 Å². The minimum absolute atomic E-state index is 0.333. The highest BCUT2D eigenvalue weighted by Crippen LogP contribution is 2.28. The minimum atomic E-state index is 0.333. The molecule has 0 saturated carbocycles. The SMILES string of the molecule is CC(C)C(N)CC1CCN(c2ccc(Cl)cc2)C1. The molecule has 18 heavy (non-hydrogen) atoms. The normalized spacial score (nSPS) is 21.6. The van der Waals surface area contributed by atoms with Crippen molar-refractivity contribution in [2.75, 3.05) is 18.0 Å². The molecule has 2 N–H and O–H groups in total. The van der Waals surface area contributed by atoms with E-state index in [2.05, 4.69) is 30.9 Å². The van der Waals surface area contributed by atoms with Crippen LogP contribution in [0.25, 0.3) is 0 Å². The smallest absolute Gasteiger partial charge is 0.0407 e. The second kappa shape index (κ2) is 5.94. The summed E-state index contributed by atoms with van der Waals surface area (Å²) in [5.74, 6) is 1.31. The summed E-state index contributed by atoms with van der Waals surface area (Å²) in [4.78, 5) is 2.44. The molecule has 1 aromatic rings. The average Bonchev–Trinajstić information content (AvgIpc) is 2.78. The summed E-state index contributed by atoms with van der Waals surface area (Å²) in [6.07, 6.45) is 2.39. The van der Waals surface area contributed by atoms with Gasteiger partial charge < -0.3 is 10.6 Å². The highest BCUT2D eigenvalue weighted by Gasteiger charge is 2.25. The number of nitrogens with zero attached hydrogens (tertiary/aromatic N) is 1. The Hall–Kier alpha value is -0.730. The Morgan fingerprint density at radius 2 is 2.00 bits per heavy atom. The number of nitrogens with two attached hydrogens (primary N) is 1. The molecule has 2 atom stereocenters. The molecule has 0 spiro atoms. The zero-order chi connectivity index (χ0) is 13.1. The molecule has 1 fully saturated rings. The fraction of sp³-hybridized carbons (Fsp3) is 0.600. The standard InChI is InChI=1S/C15H23ClN2/c1-11(2)15(17)9-12-7-8-18(10-12)14-5-3-13(16)4-6-14/h3-6,11-12,15H,7-10,17H2,1-2H3. The fourth-order valence-electron chi connectivity index (χ4n) is 2.57. The van der Waals surface area contributed by atoms with Crippen molar-refractivity contribution in [3.8, 4) is 0 Å². The molecule has 1 heterocycles. The van der Waals surface area contributed by atoms with Crippen molar-refractivity contribution >= 4 is 17.3 Å². The Balaban J connectivity index is 1.90. The van der Waals surface area contributed by atoms with Gasteiger partial charge in [-0.15, -0.1) is 0 Å². The minimum Gasteiger partial charge on any atom is -0.371 e. The summed E-state index contributed by atoms with van der Waals surface area (Å²) in [6.45, 7) is 6.67. The molecule has 0 bridgehead atoms. The topological polar surface area (TPSA) is 29.3 Å². The third-order valence-corrected chi connectivity index (χ3v) is 4.19. The molecule has 3 heteroatoms. The molecule has 0 aliphatic carbocycles. The van der Waals surface area contributed by atoms with Gasteiger partial charge >= 0.3 is 0 Å². The van der Waals surface area contributed by atoms with Gasteiger partial charge in [0.25, 0.3) is 0 Å². The summed E-state index contributed by atoms with van der Waals surface area (Å²) in [5.41, 5.74) is 7.44. The second-order valence-electron chi connectivity index (χ2n) is 5.72. The Morgan fingerprint density at radius 3 is 2.61 bits per heavy atom. The van der Waals surface area contributed by atoms with E-state index < -0.39 is 0 Å². The maximum atomic E-state index is 6.16. The van der Waals surface area contributed by atoms with E-state index in [1.165, 1.54) is 12.1 Å². The Labute approximate surface area is 115 Å². The summed E-state index contributed by atoms with van der Waals surface area (Å²) in [7, 11) is 0. The largest absolute Gasteiger partial charge is 0.371 e. The van der Waals surface area contributed by atoms with Crippen LogP contribution in [0.2, 0.25) is 5.02 Å². The first-order chi connectivity index (χ1) is 8.56. The van der Waals surface area contributed by atoms with E-state index in [9.17, 15) is 0 Å². The lowest BCUT2D eigenvalue weighted by molar-refractivity contribution is 0.391. The summed E-state index contributed by atoms with van der Waals surface area (Å²) >= 11 is 5.92. The zero-order valence-corrected chi connectivity index (χ0v) is 12.0. The van der Waals surface area contributed by atoms with Gasteiger partial charge in [0.15, 0.2) is 0 Å². The molecule has 2 nitrogen and oxygen atoms in total. The van der Waals surface area contributed by atoms with Crippen molar-refractivity contribution in [1.82, 2.24) is 0 Å². The van der Waals surface area contributed by atoms with Gasteiger partial charge in [-0.3, -0.25) is 0 Å². The van der Waals surface area contributed by atoms with Crippen molar-refractivity contribution < 1.29 is 0 Å². The van der Waals surface area contributed by atoms with Gasteiger partial charge in [0.1, 0.15) is 0 Å². The van der Waals surface area contributed by atoms with Crippen LogP contribution < -0.4 is 10.6 Å². The van der Waals surface area contributed by atoms with Gasteiger partial charge in [-0.1, -0.05) is 25.4 Å². The lowest BCUT2D eigenvalue weighted by atomic mass is 9.93. The fourth-order valence-corrected chi connectivity index (χ4v) is 2.69. The number of hydrogen-bond donors (Lipinski definition) is 1. The Bertz CT molecular complexity index is 375. The maximum Gasteiger partial charge on any atom is 0.0407 e. The lowest BCUT2D eigenvalue weighted by Gasteiger charge is -2.21. The molecule has 0 aromatic heterocycles. The molecular weight excluding hydrogens is 244 g/mol. The average molecular weight is 267 g/mol. The molecule has 1 saturated heterocycles. The Morgan fingerprint density at radius 1 is 1.33 bits per heavy atom. The number of rotatable bonds is 4. The van der Waals surface area contributed by atoms with E-state index in [4.69, 9.17) is 17.3 Å². The van der Waals surface area contributed by atoms with Gasteiger partial charge in [0.2, 0.25) is 0 Å². The van der Waals surface area contributed by atoms with Crippen LogP contribution in [0.15, 0.2) is 24.3 Å². The van der Waals surface area contributed by atoms with E-state index in [1.54, 1.807) is 0 Å². The highest BCUT2D eigenvalue weighted by molar-refractivity contribution is 6.30.